The van der Waals surface area contributed by atoms with Crippen LogP contribution in [0.2, 0.25) is 0 Å². The Labute approximate surface area is 406 Å². The Kier molecular flexibility index (Phi) is 11.9. The molecule has 0 unspecified atom stereocenters. The van der Waals surface area contributed by atoms with Gasteiger partial charge in [0.2, 0.25) is 0 Å². The molecule has 0 aliphatic heterocycles. The Bertz CT molecular complexity index is 3720. The average Bonchev–Trinajstić information content (AvgIpc) is 3.96. The summed E-state index contributed by atoms with van der Waals surface area (Å²) in [4.78, 5) is 14.2. The van der Waals surface area contributed by atoms with Crippen LogP contribution in [0.25, 0.3) is 115 Å². The number of benzene rings is 7. The maximum atomic E-state index is 4.74. The molecule has 12 rings (SSSR count). The van der Waals surface area contributed by atoms with Gasteiger partial charge in [-0.1, -0.05) is 133 Å². The fraction of sp³-hybridized carbons (Fsp3) is 0.0469. The minimum atomic E-state index is 0.957. The first kappa shape index (κ1) is 43.1. The molecular formula is C64H48N4S. The van der Waals surface area contributed by atoms with Crippen molar-refractivity contribution in [2.24, 2.45) is 0 Å². The number of hydrogen-bond acceptors (Lipinski definition) is 4. The van der Waals surface area contributed by atoms with Gasteiger partial charge in [-0.3, -0.25) is 15.0 Å². The van der Waals surface area contributed by atoms with Crippen LogP contribution in [0.3, 0.4) is 0 Å². The minimum Gasteiger partial charge on any atom is -0.309 e. The number of hydrogen-bond donors (Lipinski definition) is 0. The van der Waals surface area contributed by atoms with Gasteiger partial charge >= 0.3 is 0 Å². The molecule has 5 aromatic heterocycles. The summed E-state index contributed by atoms with van der Waals surface area (Å²) in [5.41, 5.74) is 17.9. The van der Waals surface area contributed by atoms with Crippen molar-refractivity contribution in [2.45, 2.75) is 20.8 Å². The van der Waals surface area contributed by atoms with Crippen LogP contribution in [-0.4, -0.2) is 19.5 Å². The van der Waals surface area contributed by atoms with E-state index in [2.05, 4.69) is 206 Å². The molecule has 69 heavy (non-hydrogen) atoms. The van der Waals surface area contributed by atoms with Gasteiger partial charge in [-0.15, -0.1) is 11.3 Å². The van der Waals surface area contributed by atoms with Crippen molar-refractivity contribution in [1.29, 1.82) is 0 Å². The van der Waals surface area contributed by atoms with Crippen molar-refractivity contribution >= 4 is 53.3 Å². The summed E-state index contributed by atoms with van der Waals surface area (Å²) in [5, 5.41) is 4.88. The van der Waals surface area contributed by atoms with Gasteiger partial charge in [0.05, 0.1) is 28.1 Å². The zero-order valence-electron chi connectivity index (χ0n) is 38.7. The number of pyridine rings is 3. The van der Waals surface area contributed by atoms with E-state index in [-0.39, 0.29) is 0 Å². The Hall–Kier alpha value is -8.51. The van der Waals surface area contributed by atoms with Crippen LogP contribution in [0.5, 0.6) is 0 Å². The molecule has 5 heteroatoms. The minimum absolute atomic E-state index is 0.957. The number of allylic oxidation sites excluding steroid dienone is 4. The number of fused-ring (bicyclic) bond motifs is 6. The van der Waals surface area contributed by atoms with Crippen molar-refractivity contribution in [3.05, 3.63) is 243 Å². The molecule has 0 radical (unpaired) electrons. The fourth-order valence-electron chi connectivity index (χ4n) is 9.51. The molecule has 330 valence electrons. The van der Waals surface area contributed by atoms with Gasteiger partial charge in [0.25, 0.3) is 0 Å². The molecule has 0 aliphatic carbocycles. The Balaban J connectivity index is 0.000000693. The van der Waals surface area contributed by atoms with E-state index in [1.165, 1.54) is 47.6 Å². The number of thiophene rings is 1. The van der Waals surface area contributed by atoms with Gasteiger partial charge in [-0.05, 0) is 145 Å². The summed E-state index contributed by atoms with van der Waals surface area (Å²) in [5.74, 6) is 0. The van der Waals surface area contributed by atoms with Crippen molar-refractivity contribution in [3.8, 4) is 72.8 Å². The van der Waals surface area contributed by atoms with Gasteiger partial charge in [0.1, 0.15) is 0 Å². The van der Waals surface area contributed by atoms with E-state index in [1.807, 2.05) is 68.0 Å². The maximum Gasteiger partial charge on any atom is 0.0708 e. The van der Waals surface area contributed by atoms with Crippen LogP contribution < -0.4 is 0 Å². The Morgan fingerprint density at radius 1 is 0.406 bits per heavy atom. The highest BCUT2D eigenvalue weighted by atomic mass is 32.1. The van der Waals surface area contributed by atoms with Crippen LogP contribution in [-0.2, 0) is 0 Å². The van der Waals surface area contributed by atoms with Gasteiger partial charge in [0.15, 0.2) is 0 Å². The van der Waals surface area contributed by atoms with Crippen LogP contribution >= 0.6 is 11.3 Å². The van der Waals surface area contributed by atoms with E-state index < -0.39 is 0 Å². The molecular weight excluding hydrogens is 857 g/mol. The molecule has 0 aliphatic rings. The number of rotatable bonds is 8. The monoisotopic (exact) mass is 904 g/mol. The largest absolute Gasteiger partial charge is 0.309 e. The van der Waals surface area contributed by atoms with Crippen LogP contribution in [0.4, 0.5) is 0 Å². The Morgan fingerprint density at radius 2 is 0.797 bits per heavy atom. The summed E-state index contributed by atoms with van der Waals surface area (Å²) in [6.45, 7) is 6.14. The smallest absolute Gasteiger partial charge is 0.0708 e. The van der Waals surface area contributed by atoms with E-state index >= 15 is 0 Å². The quantitative estimate of drug-likeness (QED) is 0.143. The van der Waals surface area contributed by atoms with Crippen molar-refractivity contribution < 1.29 is 0 Å². The first-order valence-corrected chi connectivity index (χ1v) is 24.2. The first-order valence-electron chi connectivity index (χ1n) is 23.4. The summed E-state index contributed by atoms with van der Waals surface area (Å²) in [6.07, 6.45) is 11.8. The summed E-state index contributed by atoms with van der Waals surface area (Å²) < 4.78 is 4.98. The fourth-order valence-corrected chi connectivity index (χ4v) is 10.6. The van der Waals surface area contributed by atoms with E-state index in [4.69, 9.17) is 15.0 Å². The lowest BCUT2D eigenvalue weighted by atomic mass is 9.94. The molecule has 12 aromatic rings. The second-order valence-corrected chi connectivity index (χ2v) is 18.2. The lowest BCUT2D eigenvalue weighted by molar-refractivity contribution is 1.19. The second kappa shape index (κ2) is 19.0. The van der Waals surface area contributed by atoms with Crippen LogP contribution in [0.15, 0.2) is 243 Å². The zero-order chi connectivity index (χ0) is 46.7. The molecule has 0 amide bonds. The van der Waals surface area contributed by atoms with Crippen LogP contribution in [0.1, 0.15) is 20.8 Å². The zero-order valence-corrected chi connectivity index (χ0v) is 39.5. The maximum absolute atomic E-state index is 4.74. The molecule has 0 spiro atoms. The highest BCUT2D eigenvalue weighted by molar-refractivity contribution is 7.25. The number of aromatic nitrogens is 4. The predicted octanol–water partition coefficient (Wildman–Crippen LogP) is 17.9. The lowest BCUT2D eigenvalue weighted by Crippen LogP contribution is -1.94. The first-order chi connectivity index (χ1) is 34.1. The molecule has 4 nitrogen and oxygen atoms in total. The van der Waals surface area contributed by atoms with Gasteiger partial charge in [-0.2, -0.15) is 0 Å². The lowest BCUT2D eigenvalue weighted by Gasteiger charge is -2.12. The normalized spacial score (nSPS) is 11.7. The topological polar surface area (TPSA) is 43.6 Å². The molecule has 0 N–H and O–H groups in total. The molecule has 0 fully saturated rings. The van der Waals surface area contributed by atoms with Gasteiger partial charge in [0, 0.05) is 71.9 Å². The third-order valence-electron chi connectivity index (χ3n) is 12.9. The van der Waals surface area contributed by atoms with Gasteiger partial charge in [-0.25, -0.2) is 0 Å². The SMILES string of the molecule is C/C=C\C(C)=C/C.c1ccc(-c2ccccc2-c2ccc3sc4ccc(-n5c6ccc(-c7ccccc7-c7ccccn7)cc6c6cc(-c7ccccc7-c7ccccn7)ccc65)cc4c3c2)nc1. The highest BCUT2D eigenvalue weighted by Crippen LogP contribution is 2.43. The van der Waals surface area contributed by atoms with E-state index in [9.17, 15) is 0 Å². The van der Waals surface area contributed by atoms with Crippen molar-refractivity contribution in [2.75, 3.05) is 0 Å². The van der Waals surface area contributed by atoms with E-state index in [0.29, 0.717) is 0 Å². The predicted molar refractivity (Wildman–Crippen MR) is 294 cm³/mol. The van der Waals surface area contributed by atoms with Gasteiger partial charge < -0.3 is 4.57 Å². The average molecular weight is 905 g/mol. The van der Waals surface area contributed by atoms with Crippen molar-refractivity contribution in [1.82, 2.24) is 19.5 Å². The summed E-state index contributed by atoms with van der Waals surface area (Å²) >= 11 is 1.85. The van der Waals surface area contributed by atoms with Crippen LogP contribution in [0, 0.1) is 0 Å². The van der Waals surface area contributed by atoms with E-state index in [0.717, 1.165) is 72.7 Å². The third-order valence-corrected chi connectivity index (χ3v) is 14.0. The molecule has 0 bridgehead atoms. The summed E-state index contributed by atoms with van der Waals surface area (Å²) in [6, 6.07) is 71.8. The van der Waals surface area contributed by atoms with E-state index in [1.54, 1.807) is 0 Å². The standard InChI is InChI=1S/C57H36N4S.C7H12/c1-4-16-44(51-19-7-10-30-58-51)41(13-1)37-22-26-54-47(33-37)48-34-38(42-14-2-5-17-45(42)52-20-8-11-31-59-52)23-27-55(48)61(54)40-25-29-57-50(36-40)49-35-39(24-28-56(49)62-57)43-15-3-6-18-46(43)53-21-9-12-32-60-53;1-4-6-7(3)5-2/h1-36H;4-6H,1-3H3/b;6-4-,7-5-. The molecule has 5 heterocycles. The third kappa shape index (κ3) is 8.35. The highest BCUT2D eigenvalue weighted by Gasteiger charge is 2.19. The number of nitrogens with zero attached hydrogens (tertiary/aromatic N) is 4. The molecule has 0 atom stereocenters. The molecule has 0 saturated heterocycles. The molecule has 0 saturated carbocycles. The molecule has 7 aromatic carbocycles. The second-order valence-electron chi connectivity index (χ2n) is 17.1. The van der Waals surface area contributed by atoms with Crippen molar-refractivity contribution in [3.63, 3.8) is 0 Å². The summed E-state index contributed by atoms with van der Waals surface area (Å²) in [7, 11) is 0. The Morgan fingerprint density at radius 3 is 1.20 bits per heavy atom.